The Kier molecular flexibility index (Phi) is 6.67. The molecule has 140 valence electrons. The summed E-state index contributed by atoms with van der Waals surface area (Å²) in [6.07, 6.45) is 0. The van der Waals surface area contributed by atoms with Crippen LogP contribution in [0.25, 0.3) is 0 Å². The second-order valence-electron chi connectivity index (χ2n) is 5.13. The van der Waals surface area contributed by atoms with Crippen LogP contribution in [0.1, 0.15) is 20.7 Å². The van der Waals surface area contributed by atoms with E-state index in [2.05, 4.69) is 36.0 Å². The van der Waals surface area contributed by atoms with Gasteiger partial charge in [-0.25, -0.2) is 9.59 Å². The molecule has 2 rings (SSSR count). The van der Waals surface area contributed by atoms with Gasteiger partial charge in [-0.3, -0.25) is 9.59 Å². The number of halogens is 1. The van der Waals surface area contributed by atoms with Gasteiger partial charge in [-0.15, -0.1) is 0 Å². The van der Waals surface area contributed by atoms with Crippen LogP contribution in [-0.4, -0.2) is 38.0 Å². The number of rotatable bonds is 4. The van der Waals surface area contributed by atoms with E-state index in [-0.39, 0.29) is 16.8 Å². The van der Waals surface area contributed by atoms with Crippen LogP contribution >= 0.6 is 15.9 Å². The van der Waals surface area contributed by atoms with Crippen LogP contribution in [0.5, 0.6) is 0 Å². The molecule has 0 spiro atoms. The fraction of sp³-hybridized carbons (Fsp3) is 0.111. The third kappa shape index (κ3) is 4.91. The molecule has 2 N–H and O–H groups in total. The Balaban J connectivity index is 2.26. The topological polar surface area (TPSA) is 111 Å². The minimum absolute atomic E-state index is 0.0211. The summed E-state index contributed by atoms with van der Waals surface area (Å²) in [4.78, 5) is 47.9. The van der Waals surface area contributed by atoms with Gasteiger partial charge in [0, 0.05) is 4.47 Å². The summed E-state index contributed by atoms with van der Waals surface area (Å²) in [6.45, 7) is 0. The first kappa shape index (κ1) is 20.1. The van der Waals surface area contributed by atoms with Crippen LogP contribution in [0, 0.1) is 0 Å². The highest BCUT2D eigenvalue weighted by molar-refractivity contribution is 9.10. The molecule has 8 nitrogen and oxygen atoms in total. The van der Waals surface area contributed by atoms with Crippen molar-refractivity contribution >= 4 is 51.1 Å². The quantitative estimate of drug-likeness (QED) is 0.564. The Morgan fingerprint density at radius 1 is 0.815 bits per heavy atom. The van der Waals surface area contributed by atoms with Crippen LogP contribution in [0.4, 0.5) is 11.4 Å². The van der Waals surface area contributed by atoms with Gasteiger partial charge in [-0.05, 0) is 46.3 Å². The molecule has 0 saturated heterocycles. The van der Waals surface area contributed by atoms with Gasteiger partial charge in [-0.2, -0.15) is 0 Å². The van der Waals surface area contributed by atoms with Crippen molar-refractivity contribution in [3.8, 4) is 0 Å². The SMILES string of the molecule is COC(=O)c1ccc(C(=O)OC)c(NC(=O)C(=O)Nc2ccccc2Br)c1. The normalized spacial score (nSPS) is 9.89. The molecule has 0 radical (unpaired) electrons. The van der Waals surface area contributed by atoms with Crippen molar-refractivity contribution in [3.63, 3.8) is 0 Å². The third-order valence-corrected chi connectivity index (χ3v) is 4.11. The van der Waals surface area contributed by atoms with Crippen molar-refractivity contribution in [2.24, 2.45) is 0 Å². The molecule has 0 unspecified atom stereocenters. The second-order valence-corrected chi connectivity index (χ2v) is 5.99. The number of hydrogen-bond donors (Lipinski definition) is 2. The Bertz CT molecular complexity index is 912. The van der Waals surface area contributed by atoms with E-state index in [1.807, 2.05) is 0 Å². The van der Waals surface area contributed by atoms with Gasteiger partial charge in [0.2, 0.25) is 0 Å². The van der Waals surface area contributed by atoms with E-state index in [0.29, 0.717) is 10.2 Å². The first-order chi connectivity index (χ1) is 12.9. The number of carbonyl (C=O) groups excluding carboxylic acids is 4. The van der Waals surface area contributed by atoms with Gasteiger partial charge in [0.15, 0.2) is 0 Å². The average molecular weight is 435 g/mol. The van der Waals surface area contributed by atoms with E-state index in [0.717, 1.165) is 0 Å². The van der Waals surface area contributed by atoms with Crippen molar-refractivity contribution in [1.82, 2.24) is 0 Å². The Labute approximate surface area is 163 Å². The largest absolute Gasteiger partial charge is 0.465 e. The lowest BCUT2D eigenvalue weighted by Gasteiger charge is -2.12. The number of esters is 2. The molecule has 27 heavy (non-hydrogen) atoms. The van der Waals surface area contributed by atoms with Gasteiger partial charge < -0.3 is 20.1 Å². The smallest absolute Gasteiger partial charge is 0.339 e. The molecule has 9 heteroatoms. The fourth-order valence-electron chi connectivity index (χ4n) is 2.10. The highest BCUT2D eigenvalue weighted by atomic mass is 79.9. The van der Waals surface area contributed by atoms with Crippen molar-refractivity contribution in [2.75, 3.05) is 24.9 Å². The first-order valence-corrected chi connectivity index (χ1v) is 8.34. The standard InChI is InChI=1S/C18H15BrN2O6/c1-26-17(24)10-7-8-11(18(25)27-2)14(9-10)21-16(23)15(22)20-13-6-4-3-5-12(13)19/h3-9H,1-2H3,(H,20,22)(H,21,23). The molecule has 0 aromatic heterocycles. The van der Waals surface area contributed by atoms with E-state index in [1.54, 1.807) is 24.3 Å². The van der Waals surface area contributed by atoms with Gasteiger partial charge in [0.1, 0.15) is 0 Å². The number of benzene rings is 2. The maximum atomic E-state index is 12.2. The number of carbonyl (C=O) groups is 4. The maximum Gasteiger partial charge on any atom is 0.339 e. The molecule has 0 fully saturated rings. The summed E-state index contributed by atoms with van der Waals surface area (Å²) in [5.74, 6) is -3.40. The molecular weight excluding hydrogens is 420 g/mol. The molecular formula is C18H15BrN2O6. The summed E-state index contributed by atoms with van der Waals surface area (Å²) in [6, 6.07) is 10.6. The monoisotopic (exact) mass is 434 g/mol. The van der Waals surface area contributed by atoms with Gasteiger partial charge >= 0.3 is 23.8 Å². The number of para-hydroxylation sites is 1. The molecule has 0 aliphatic rings. The van der Waals surface area contributed by atoms with Gasteiger partial charge in [0.05, 0.1) is 36.7 Å². The summed E-state index contributed by atoms with van der Waals surface area (Å²) in [5, 5.41) is 4.75. The fourth-order valence-corrected chi connectivity index (χ4v) is 2.49. The number of methoxy groups -OCH3 is 2. The summed E-state index contributed by atoms with van der Waals surface area (Å²) >= 11 is 3.26. The van der Waals surface area contributed by atoms with Crippen molar-refractivity contribution in [3.05, 3.63) is 58.1 Å². The lowest BCUT2D eigenvalue weighted by atomic mass is 10.1. The van der Waals surface area contributed by atoms with Gasteiger partial charge in [0.25, 0.3) is 0 Å². The second kappa shape index (κ2) is 8.95. The molecule has 0 bridgehead atoms. The van der Waals surface area contributed by atoms with E-state index < -0.39 is 23.8 Å². The van der Waals surface area contributed by atoms with Crippen molar-refractivity contribution in [2.45, 2.75) is 0 Å². The van der Waals surface area contributed by atoms with Crippen LogP contribution in [0.3, 0.4) is 0 Å². The predicted molar refractivity (Wildman–Crippen MR) is 101 cm³/mol. The molecule has 0 aliphatic heterocycles. The first-order valence-electron chi connectivity index (χ1n) is 7.55. The van der Waals surface area contributed by atoms with Crippen LogP contribution in [-0.2, 0) is 19.1 Å². The molecule has 0 saturated carbocycles. The molecule has 2 aromatic rings. The van der Waals surface area contributed by atoms with Crippen molar-refractivity contribution in [1.29, 1.82) is 0 Å². The number of ether oxygens (including phenoxy) is 2. The molecule has 0 aliphatic carbocycles. The Morgan fingerprint density at radius 3 is 2.00 bits per heavy atom. The zero-order valence-electron chi connectivity index (χ0n) is 14.4. The molecule has 2 aromatic carbocycles. The third-order valence-electron chi connectivity index (χ3n) is 3.42. The van der Waals surface area contributed by atoms with Crippen LogP contribution < -0.4 is 10.6 Å². The molecule has 0 atom stereocenters. The summed E-state index contributed by atoms with van der Waals surface area (Å²) in [7, 11) is 2.36. The van der Waals surface area contributed by atoms with Crippen molar-refractivity contribution < 1.29 is 28.7 Å². The lowest BCUT2D eigenvalue weighted by Crippen LogP contribution is -2.30. The Morgan fingerprint density at radius 2 is 1.41 bits per heavy atom. The highest BCUT2D eigenvalue weighted by Gasteiger charge is 2.21. The van der Waals surface area contributed by atoms with E-state index >= 15 is 0 Å². The number of hydrogen-bond acceptors (Lipinski definition) is 6. The van der Waals surface area contributed by atoms with Gasteiger partial charge in [-0.1, -0.05) is 12.1 Å². The van der Waals surface area contributed by atoms with E-state index in [9.17, 15) is 19.2 Å². The minimum atomic E-state index is -1.03. The zero-order valence-corrected chi connectivity index (χ0v) is 16.0. The number of anilines is 2. The summed E-state index contributed by atoms with van der Waals surface area (Å²) in [5.41, 5.74) is 0.407. The lowest BCUT2D eigenvalue weighted by molar-refractivity contribution is -0.133. The van der Waals surface area contributed by atoms with Crippen LogP contribution in [0.2, 0.25) is 0 Å². The van der Waals surface area contributed by atoms with E-state index in [1.165, 1.54) is 32.4 Å². The van der Waals surface area contributed by atoms with Crippen LogP contribution in [0.15, 0.2) is 46.9 Å². The highest BCUT2D eigenvalue weighted by Crippen LogP contribution is 2.22. The zero-order chi connectivity index (χ0) is 20.0. The Hall–Kier alpha value is -3.20. The minimum Gasteiger partial charge on any atom is -0.465 e. The average Bonchev–Trinajstić information content (AvgIpc) is 2.68. The molecule has 0 heterocycles. The van der Waals surface area contributed by atoms with E-state index in [4.69, 9.17) is 0 Å². The number of nitrogens with one attached hydrogen (secondary N) is 2. The number of amides is 2. The summed E-state index contributed by atoms with van der Waals surface area (Å²) < 4.78 is 9.85. The molecule has 2 amide bonds. The predicted octanol–water partition coefficient (Wildman–Crippen LogP) is 2.60. The maximum absolute atomic E-state index is 12.2.